The molecule has 7 nitrogen and oxygen atoms in total. The number of amides is 1. The number of nitrogens with one attached hydrogen (secondary N) is 1. The molecule has 1 aliphatic carbocycles. The van der Waals surface area contributed by atoms with E-state index < -0.39 is 0 Å². The quantitative estimate of drug-likeness (QED) is 0.921. The van der Waals surface area contributed by atoms with Crippen molar-refractivity contribution in [3.63, 3.8) is 0 Å². The Labute approximate surface area is 147 Å². The molecule has 25 heavy (non-hydrogen) atoms. The molecule has 1 amide bonds. The van der Waals surface area contributed by atoms with Crippen LogP contribution in [0.1, 0.15) is 48.2 Å². The second-order valence-electron chi connectivity index (χ2n) is 7.19. The van der Waals surface area contributed by atoms with Gasteiger partial charge in [0.15, 0.2) is 0 Å². The summed E-state index contributed by atoms with van der Waals surface area (Å²) in [5.74, 6) is 1.49. The van der Waals surface area contributed by atoms with Crippen LogP contribution < -0.4 is 5.32 Å². The molecule has 2 aromatic heterocycles. The molecule has 2 aromatic rings. The summed E-state index contributed by atoms with van der Waals surface area (Å²) in [6, 6.07) is 2.15. The lowest BCUT2D eigenvalue weighted by molar-refractivity contribution is -0.117. The number of hydrogen-bond donors (Lipinski definition) is 1. The van der Waals surface area contributed by atoms with E-state index in [1.54, 1.807) is 6.07 Å². The molecule has 1 saturated heterocycles. The van der Waals surface area contributed by atoms with Crippen molar-refractivity contribution in [2.75, 3.05) is 25.0 Å². The number of rotatable bonds is 4. The van der Waals surface area contributed by atoms with Gasteiger partial charge in [-0.05, 0) is 46.0 Å². The van der Waals surface area contributed by atoms with Crippen LogP contribution in [0.4, 0.5) is 5.88 Å². The van der Waals surface area contributed by atoms with Gasteiger partial charge in [-0.25, -0.2) is 4.98 Å². The summed E-state index contributed by atoms with van der Waals surface area (Å²) in [7, 11) is 0. The van der Waals surface area contributed by atoms with Crippen molar-refractivity contribution >= 4 is 11.8 Å². The zero-order chi connectivity index (χ0) is 17.4. The molecule has 7 heteroatoms. The molecule has 134 valence electrons. The van der Waals surface area contributed by atoms with Crippen LogP contribution in [0, 0.1) is 13.8 Å². The minimum Gasteiger partial charge on any atom is -0.338 e. The predicted octanol–water partition coefficient (Wildman–Crippen LogP) is 2.25. The van der Waals surface area contributed by atoms with Crippen LogP contribution in [0.3, 0.4) is 0 Å². The lowest BCUT2D eigenvalue weighted by Crippen LogP contribution is -2.32. The summed E-state index contributed by atoms with van der Waals surface area (Å²) in [6.45, 7) is 6.15. The molecule has 0 bridgehead atoms. The summed E-state index contributed by atoms with van der Waals surface area (Å²) < 4.78 is 7.48. The number of anilines is 1. The molecule has 0 radical (unpaired) electrons. The van der Waals surface area contributed by atoms with E-state index in [2.05, 4.69) is 26.9 Å². The molecule has 1 atom stereocenters. The third-order valence-electron chi connectivity index (χ3n) is 5.22. The normalized spacial score (nSPS) is 20.6. The summed E-state index contributed by atoms with van der Waals surface area (Å²) in [4.78, 5) is 19.2. The molecule has 0 aromatic carbocycles. The fourth-order valence-electron chi connectivity index (χ4n) is 4.15. The van der Waals surface area contributed by atoms with E-state index in [0.29, 0.717) is 18.5 Å². The maximum atomic E-state index is 12.2. The van der Waals surface area contributed by atoms with Gasteiger partial charge < -0.3 is 9.09 Å². The van der Waals surface area contributed by atoms with Gasteiger partial charge in [0.25, 0.3) is 0 Å². The molecule has 1 fully saturated rings. The van der Waals surface area contributed by atoms with Crippen LogP contribution >= 0.6 is 0 Å². The average Bonchev–Trinajstić information content (AvgIpc) is 3.26. The van der Waals surface area contributed by atoms with Crippen LogP contribution in [0.25, 0.3) is 0 Å². The van der Waals surface area contributed by atoms with Crippen LogP contribution in [-0.4, -0.2) is 45.1 Å². The maximum Gasteiger partial charge on any atom is 0.240 e. The van der Waals surface area contributed by atoms with Crippen molar-refractivity contribution < 1.29 is 9.32 Å². The Hall–Kier alpha value is -2.15. The number of carbonyl (C=O) groups is 1. The lowest BCUT2D eigenvalue weighted by atomic mass is 10.0. The van der Waals surface area contributed by atoms with Gasteiger partial charge in [-0.15, -0.1) is 0 Å². The molecule has 0 unspecified atom stereocenters. The van der Waals surface area contributed by atoms with Crippen molar-refractivity contribution in [1.29, 1.82) is 0 Å². The van der Waals surface area contributed by atoms with E-state index in [1.165, 1.54) is 24.2 Å². The zero-order valence-corrected chi connectivity index (χ0v) is 14.9. The van der Waals surface area contributed by atoms with Crippen LogP contribution in [0.5, 0.6) is 0 Å². The first-order chi connectivity index (χ1) is 12.1. The highest BCUT2D eigenvalue weighted by atomic mass is 16.5. The number of nitrogens with zero attached hydrogens (tertiary/aromatic N) is 4. The van der Waals surface area contributed by atoms with Crippen molar-refractivity contribution in [2.45, 2.75) is 52.0 Å². The SMILES string of the molecule is Cc1cc(NC(=O)CN2CC[C@@H](n3c(C)nc4c3CCCC4)C2)on1. The Kier molecular flexibility index (Phi) is 4.33. The number of aromatic nitrogens is 3. The first-order valence-corrected chi connectivity index (χ1v) is 9.12. The van der Waals surface area contributed by atoms with Gasteiger partial charge in [-0.3, -0.25) is 15.0 Å². The van der Waals surface area contributed by atoms with E-state index >= 15 is 0 Å². The monoisotopic (exact) mass is 343 g/mol. The maximum absolute atomic E-state index is 12.2. The Bertz CT molecular complexity index is 779. The van der Waals surface area contributed by atoms with Crippen molar-refractivity contribution in [3.8, 4) is 0 Å². The van der Waals surface area contributed by atoms with Gasteiger partial charge >= 0.3 is 0 Å². The van der Waals surface area contributed by atoms with Crippen molar-refractivity contribution in [2.24, 2.45) is 0 Å². The molecule has 1 aliphatic heterocycles. The summed E-state index contributed by atoms with van der Waals surface area (Å²) in [5.41, 5.74) is 3.48. The van der Waals surface area contributed by atoms with E-state index in [4.69, 9.17) is 9.51 Å². The lowest BCUT2D eigenvalue weighted by Gasteiger charge is -2.21. The van der Waals surface area contributed by atoms with Gasteiger partial charge in [-0.1, -0.05) is 5.16 Å². The van der Waals surface area contributed by atoms with E-state index in [9.17, 15) is 4.79 Å². The van der Waals surface area contributed by atoms with Gasteiger partial charge in [-0.2, -0.15) is 0 Å². The smallest absolute Gasteiger partial charge is 0.240 e. The molecule has 3 heterocycles. The second-order valence-corrected chi connectivity index (χ2v) is 7.19. The van der Waals surface area contributed by atoms with E-state index in [-0.39, 0.29) is 5.91 Å². The number of fused-ring (bicyclic) bond motifs is 1. The number of aryl methyl sites for hydroxylation is 3. The Morgan fingerprint density at radius 2 is 2.20 bits per heavy atom. The first kappa shape index (κ1) is 16.3. The average molecular weight is 343 g/mol. The fraction of sp³-hybridized carbons (Fsp3) is 0.611. The second kappa shape index (κ2) is 6.63. The molecule has 0 spiro atoms. The summed E-state index contributed by atoms with van der Waals surface area (Å²) in [5, 5.41) is 6.56. The molecule has 0 saturated carbocycles. The molecule has 4 rings (SSSR count). The number of carbonyl (C=O) groups excluding carboxylic acids is 1. The third kappa shape index (κ3) is 3.33. The molecule has 2 aliphatic rings. The fourth-order valence-corrected chi connectivity index (χ4v) is 4.15. The standard InChI is InChI=1S/C18H25N5O2/c1-12-9-18(25-21-12)20-17(24)11-22-8-7-14(10-22)23-13(2)19-15-5-3-4-6-16(15)23/h9,14H,3-8,10-11H2,1-2H3,(H,20,24)/t14-/m1/s1. The number of hydrogen-bond acceptors (Lipinski definition) is 5. The van der Waals surface area contributed by atoms with Gasteiger partial charge in [0.2, 0.25) is 11.8 Å². The van der Waals surface area contributed by atoms with Crippen LogP contribution in [-0.2, 0) is 17.6 Å². The molecular formula is C18H25N5O2. The first-order valence-electron chi connectivity index (χ1n) is 9.12. The Morgan fingerprint density at radius 3 is 3.00 bits per heavy atom. The number of imidazole rings is 1. The highest BCUT2D eigenvalue weighted by molar-refractivity contribution is 5.90. The van der Waals surface area contributed by atoms with Gasteiger partial charge in [0.1, 0.15) is 5.82 Å². The minimum absolute atomic E-state index is 0.0545. The molecule has 1 N–H and O–H groups in total. The highest BCUT2D eigenvalue weighted by Gasteiger charge is 2.30. The van der Waals surface area contributed by atoms with Crippen molar-refractivity contribution in [1.82, 2.24) is 19.6 Å². The zero-order valence-electron chi connectivity index (χ0n) is 14.9. The van der Waals surface area contributed by atoms with E-state index in [0.717, 1.165) is 43.9 Å². The third-order valence-corrected chi connectivity index (χ3v) is 5.22. The Balaban J connectivity index is 1.38. The molecular weight excluding hydrogens is 318 g/mol. The highest BCUT2D eigenvalue weighted by Crippen LogP contribution is 2.30. The van der Waals surface area contributed by atoms with Crippen LogP contribution in [0.15, 0.2) is 10.6 Å². The number of likely N-dealkylation sites (tertiary alicyclic amines) is 1. The summed E-state index contributed by atoms with van der Waals surface area (Å²) >= 11 is 0. The predicted molar refractivity (Wildman–Crippen MR) is 93.6 cm³/mol. The van der Waals surface area contributed by atoms with E-state index in [1.807, 2.05) is 6.92 Å². The van der Waals surface area contributed by atoms with Crippen LogP contribution in [0.2, 0.25) is 0 Å². The topological polar surface area (TPSA) is 76.2 Å². The van der Waals surface area contributed by atoms with Crippen molar-refractivity contribution in [3.05, 3.63) is 29.0 Å². The van der Waals surface area contributed by atoms with Gasteiger partial charge in [0.05, 0.1) is 17.9 Å². The summed E-state index contributed by atoms with van der Waals surface area (Å²) in [6.07, 6.45) is 5.82. The Morgan fingerprint density at radius 1 is 1.36 bits per heavy atom. The largest absolute Gasteiger partial charge is 0.338 e. The van der Waals surface area contributed by atoms with Gasteiger partial charge in [0, 0.05) is 30.9 Å². The minimum atomic E-state index is -0.0545.